The van der Waals surface area contributed by atoms with Gasteiger partial charge in [-0.15, -0.1) is 0 Å². The average Bonchev–Trinajstić information content (AvgIpc) is 2.45. The van der Waals surface area contributed by atoms with E-state index in [0.29, 0.717) is 18.5 Å². The zero-order chi connectivity index (χ0) is 14.6. The monoisotopic (exact) mass is 277 g/mol. The molecule has 0 heterocycles. The molecular formula is C17H27NO2. The summed E-state index contributed by atoms with van der Waals surface area (Å²) in [6, 6.07) is 8.89. The predicted octanol–water partition coefficient (Wildman–Crippen LogP) is 3.08. The minimum atomic E-state index is -0.541. The molecule has 2 rings (SSSR count). The smallest absolute Gasteiger partial charge is 0.119 e. The second-order valence-electron chi connectivity index (χ2n) is 5.95. The van der Waals surface area contributed by atoms with Crippen molar-refractivity contribution < 1.29 is 9.84 Å². The van der Waals surface area contributed by atoms with E-state index in [0.717, 1.165) is 31.4 Å². The second kappa shape index (κ2) is 6.59. The first-order chi connectivity index (χ1) is 9.60. The van der Waals surface area contributed by atoms with E-state index in [1.165, 1.54) is 5.56 Å². The number of hydrogen-bond donors (Lipinski definition) is 2. The number of methoxy groups -OCH3 is 1. The van der Waals surface area contributed by atoms with Crippen LogP contribution in [0, 0.1) is 0 Å². The molecular weight excluding hydrogens is 250 g/mol. The Morgan fingerprint density at radius 1 is 1.30 bits per heavy atom. The average molecular weight is 277 g/mol. The standard InChI is InChI=1S/C17H27NO2/c1-4-17(19,5-2)12-18-15-9-14(10-15)13-7-6-8-16(11-13)20-3/h6-8,11,14-15,18-19H,4-5,9-10,12H2,1-3H3. The van der Waals surface area contributed by atoms with Crippen molar-refractivity contribution >= 4 is 0 Å². The number of benzene rings is 1. The third-order valence-corrected chi connectivity index (χ3v) is 4.74. The number of nitrogens with one attached hydrogen (secondary N) is 1. The van der Waals surface area contributed by atoms with Crippen molar-refractivity contribution in [1.29, 1.82) is 0 Å². The highest BCUT2D eigenvalue weighted by molar-refractivity contribution is 5.32. The van der Waals surface area contributed by atoms with Gasteiger partial charge in [0.25, 0.3) is 0 Å². The summed E-state index contributed by atoms with van der Waals surface area (Å²) in [5.74, 6) is 1.56. The van der Waals surface area contributed by atoms with Gasteiger partial charge in [0.2, 0.25) is 0 Å². The largest absolute Gasteiger partial charge is 0.497 e. The van der Waals surface area contributed by atoms with Crippen LogP contribution >= 0.6 is 0 Å². The molecule has 3 nitrogen and oxygen atoms in total. The lowest BCUT2D eigenvalue weighted by molar-refractivity contribution is 0.0261. The quantitative estimate of drug-likeness (QED) is 0.805. The molecule has 3 heteroatoms. The van der Waals surface area contributed by atoms with E-state index < -0.39 is 5.60 Å². The normalized spacial score (nSPS) is 22.4. The molecule has 0 spiro atoms. The van der Waals surface area contributed by atoms with Crippen LogP contribution in [0.3, 0.4) is 0 Å². The lowest BCUT2D eigenvalue weighted by Gasteiger charge is -2.38. The van der Waals surface area contributed by atoms with Crippen molar-refractivity contribution in [2.45, 2.75) is 57.1 Å². The summed E-state index contributed by atoms with van der Waals surface area (Å²) in [4.78, 5) is 0. The Balaban J connectivity index is 1.79. The maximum absolute atomic E-state index is 10.3. The lowest BCUT2D eigenvalue weighted by Crippen LogP contribution is -2.48. The van der Waals surface area contributed by atoms with Crippen LogP contribution in [0.5, 0.6) is 5.75 Å². The number of aliphatic hydroxyl groups is 1. The van der Waals surface area contributed by atoms with Gasteiger partial charge >= 0.3 is 0 Å². The molecule has 1 aromatic carbocycles. The van der Waals surface area contributed by atoms with Crippen molar-refractivity contribution in [2.24, 2.45) is 0 Å². The molecule has 1 saturated carbocycles. The summed E-state index contributed by atoms with van der Waals surface area (Å²) < 4.78 is 5.27. The number of ether oxygens (including phenoxy) is 1. The molecule has 0 unspecified atom stereocenters. The molecule has 0 radical (unpaired) electrons. The highest BCUT2D eigenvalue weighted by Gasteiger charge is 2.32. The Bertz CT molecular complexity index is 423. The van der Waals surface area contributed by atoms with Crippen molar-refractivity contribution in [3.05, 3.63) is 29.8 Å². The fourth-order valence-electron chi connectivity index (χ4n) is 2.79. The van der Waals surface area contributed by atoms with Crippen LogP contribution in [-0.2, 0) is 0 Å². The van der Waals surface area contributed by atoms with Gasteiger partial charge in [-0.2, -0.15) is 0 Å². The minimum Gasteiger partial charge on any atom is -0.497 e. The summed E-state index contributed by atoms with van der Waals surface area (Å²) in [6.45, 7) is 4.80. The van der Waals surface area contributed by atoms with E-state index in [1.807, 2.05) is 19.9 Å². The lowest BCUT2D eigenvalue weighted by atomic mass is 9.75. The zero-order valence-corrected chi connectivity index (χ0v) is 12.9. The third kappa shape index (κ3) is 3.53. The molecule has 1 aliphatic carbocycles. The zero-order valence-electron chi connectivity index (χ0n) is 12.9. The van der Waals surface area contributed by atoms with E-state index in [9.17, 15) is 5.11 Å². The molecule has 112 valence electrons. The van der Waals surface area contributed by atoms with Crippen molar-refractivity contribution in [1.82, 2.24) is 5.32 Å². The van der Waals surface area contributed by atoms with E-state index in [4.69, 9.17) is 4.74 Å². The van der Waals surface area contributed by atoms with Crippen molar-refractivity contribution in [3.63, 3.8) is 0 Å². The summed E-state index contributed by atoms with van der Waals surface area (Å²) in [7, 11) is 1.71. The van der Waals surface area contributed by atoms with E-state index in [1.54, 1.807) is 7.11 Å². The van der Waals surface area contributed by atoms with Crippen LogP contribution < -0.4 is 10.1 Å². The fraction of sp³-hybridized carbons (Fsp3) is 0.647. The van der Waals surface area contributed by atoms with E-state index in [-0.39, 0.29) is 0 Å². The molecule has 0 amide bonds. The first-order valence-corrected chi connectivity index (χ1v) is 7.70. The van der Waals surface area contributed by atoms with Gasteiger partial charge < -0.3 is 15.2 Å². The van der Waals surface area contributed by atoms with Gasteiger partial charge in [-0.1, -0.05) is 26.0 Å². The van der Waals surface area contributed by atoms with Crippen LogP contribution in [0.25, 0.3) is 0 Å². The van der Waals surface area contributed by atoms with Crippen molar-refractivity contribution in [3.8, 4) is 5.75 Å². The predicted molar refractivity (Wildman–Crippen MR) is 82.3 cm³/mol. The van der Waals surface area contributed by atoms with E-state index >= 15 is 0 Å². The number of hydrogen-bond acceptors (Lipinski definition) is 3. The van der Waals surface area contributed by atoms with Gasteiger partial charge in [0.1, 0.15) is 5.75 Å². The molecule has 1 aliphatic rings. The molecule has 20 heavy (non-hydrogen) atoms. The van der Waals surface area contributed by atoms with Gasteiger partial charge in [0.15, 0.2) is 0 Å². The molecule has 1 aromatic rings. The molecule has 0 bridgehead atoms. The van der Waals surface area contributed by atoms with Gasteiger partial charge in [-0.25, -0.2) is 0 Å². The Labute approximate surface area is 122 Å². The molecule has 0 aliphatic heterocycles. The Hall–Kier alpha value is -1.06. The van der Waals surface area contributed by atoms with Gasteiger partial charge in [0.05, 0.1) is 12.7 Å². The minimum absolute atomic E-state index is 0.538. The Kier molecular flexibility index (Phi) is 5.06. The summed E-state index contributed by atoms with van der Waals surface area (Å²) >= 11 is 0. The SMILES string of the molecule is CCC(O)(CC)CNC1CC(c2cccc(OC)c2)C1. The van der Waals surface area contributed by atoms with Crippen LogP contribution in [0.2, 0.25) is 0 Å². The molecule has 0 aromatic heterocycles. The van der Waals surface area contributed by atoms with Gasteiger partial charge in [-0.05, 0) is 49.3 Å². The summed E-state index contributed by atoms with van der Waals surface area (Å²) in [5.41, 5.74) is 0.824. The molecule has 0 atom stereocenters. The van der Waals surface area contributed by atoms with Crippen LogP contribution in [0.15, 0.2) is 24.3 Å². The highest BCUT2D eigenvalue weighted by atomic mass is 16.5. The number of rotatable bonds is 7. The second-order valence-corrected chi connectivity index (χ2v) is 5.95. The highest BCUT2D eigenvalue weighted by Crippen LogP contribution is 2.38. The van der Waals surface area contributed by atoms with Crippen LogP contribution in [0.4, 0.5) is 0 Å². The maximum Gasteiger partial charge on any atom is 0.119 e. The molecule has 1 fully saturated rings. The Morgan fingerprint density at radius 2 is 2.00 bits per heavy atom. The van der Waals surface area contributed by atoms with Crippen LogP contribution in [0.1, 0.15) is 51.0 Å². The maximum atomic E-state index is 10.3. The fourth-order valence-corrected chi connectivity index (χ4v) is 2.79. The third-order valence-electron chi connectivity index (χ3n) is 4.74. The van der Waals surface area contributed by atoms with E-state index in [2.05, 4.69) is 23.5 Å². The topological polar surface area (TPSA) is 41.5 Å². The van der Waals surface area contributed by atoms with Gasteiger partial charge in [0, 0.05) is 12.6 Å². The molecule has 0 saturated heterocycles. The first-order valence-electron chi connectivity index (χ1n) is 7.70. The Morgan fingerprint density at radius 3 is 2.60 bits per heavy atom. The molecule has 2 N–H and O–H groups in total. The first kappa shape index (κ1) is 15.3. The summed E-state index contributed by atoms with van der Waals surface area (Å²) in [5, 5.41) is 13.8. The summed E-state index contributed by atoms with van der Waals surface area (Å²) in [6.07, 6.45) is 3.92. The van der Waals surface area contributed by atoms with Crippen molar-refractivity contribution in [2.75, 3.05) is 13.7 Å². The van der Waals surface area contributed by atoms with Gasteiger partial charge in [-0.3, -0.25) is 0 Å². The van der Waals surface area contributed by atoms with Crippen LogP contribution in [-0.4, -0.2) is 30.4 Å².